The van der Waals surface area contributed by atoms with Crippen molar-refractivity contribution in [2.45, 2.75) is 0 Å². The maximum Gasteiger partial charge on any atom is 0.258 e. The number of nitrogens with one attached hydrogen (secondary N) is 1. The van der Waals surface area contributed by atoms with Crippen molar-refractivity contribution in [3.8, 4) is 5.69 Å². The summed E-state index contributed by atoms with van der Waals surface area (Å²) in [6.45, 7) is 0. The van der Waals surface area contributed by atoms with Gasteiger partial charge in [0.05, 0.1) is 11.3 Å². The van der Waals surface area contributed by atoms with E-state index in [4.69, 9.17) is 0 Å². The third-order valence-corrected chi connectivity index (χ3v) is 4.05. The SMILES string of the molecule is Cn1cc(C(=O)Nc2cccc(-n3cnnn3)c2)c2ccccc2c1=O. The quantitative estimate of drug-likeness (QED) is 0.610. The Morgan fingerprint density at radius 3 is 2.65 bits per heavy atom. The number of amides is 1. The van der Waals surface area contributed by atoms with Gasteiger partial charge in [0.1, 0.15) is 6.33 Å². The van der Waals surface area contributed by atoms with Gasteiger partial charge in [-0.05, 0) is 34.7 Å². The van der Waals surface area contributed by atoms with Gasteiger partial charge in [-0.15, -0.1) is 5.10 Å². The van der Waals surface area contributed by atoms with Crippen LogP contribution in [0.15, 0.2) is 65.8 Å². The highest BCUT2D eigenvalue weighted by Crippen LogP contribution is 2.18. The molecule has 0 spiro atoms. The lowest BCUT2D eigenvalue weighted by Crippen LogP contribution is -2.21. The van der Waals surface area contributed by atoms with E-state index in [1.54, 1.807) is 55.7 Å². The van der Waals surface area contributed by atoms with Crippen LogP contribution in [0.4, 0.5) is 5.69 Å². The third-order valence-electron chi connectivity index (χ3n) is 4.05. The summed E-state index contributed by atoms with van der Waals surface area (Å²) in [4.78, 5) is 25.1. The van der Waals surface area contributed by atoms with E-state index >= 15 is 0 Å². The van der Waals surface area contributed by atoms with Crippen LogP contribution < -0.4 is 10.9 Å². The van der Waals surface area contributed by atoms with Crippen molar-refractivity contribution in [1.29, 1.82) is 0 Å². The Hall–Kier alpha value is -3.81. The number of hydrogen-bond acceptors (Lipinski definition) is 5. The zero-order valence-electron chi connectivity index (χ0n) is 13.8. The smallest absolute Gasteiger partial charge is 0.258 e. The van der Waals surface area contributed by atoms with Gasteiger partial charge < -0.3 is 9.88 Å². The Kier molecular flexibility index (Phi) is 3.77. The molecule has 4 aromatic rings. The molecule has 2 heterocycles. The molecule has 26 heavy (non-hydrogen) atoms. The van der Waals surface area contributed by atoms with Gasteiger partial charge in [-0.2, -0.15) is 0 Å². The van der Waals surface area contributed by atoms with Crippen LogP contribution in [0.3, 0.4) is 0 Å². The molecule has 0 aliphatic carbocycles. The predicted molar refractivity (Wildman–Crippen MR) is 96.3 cm³/mol. The van der Waals surface area contributed by atoms with Gasteiger partial charge in [-0.25, -0.2) is 4.68 Å². The van der Waals surface area contributed by atoms with Crippen molar-refractivity contribution in [2.24, 2.45) is 7.05 Å². The summed E-state index contributed by atoms with van der Waals surface area (Å²) in [5.74, 6) is -0.300. The molecule has 2 aromatic carbocycles. The molecule has 1 amide bonds. The average Bonchev–Trinajstić information content (AvgIpc) is 3.20. The van der Waals surface area contributed by atoms with Gasteiger partial charge in [0.2, 0.25) is 0 Å². The summed E-state index contributed by atoms with van der Waals surface area (Å²) < 4.78 is 2.91. The van der Waals surface area contributed by atoms with Gasteiger partial charge in [0.25, 0.3) is 11.5 Å². The van der Waals surface area contributed by atoms with E-state index < -0.39 is 0 Å². The fraction of sp³-hybridized carbons (Fsp3) is 0.0556. The van der Waals surface area contributed by atoms with Crippen LogP contribution in [-0.4, -0.2) is 30.7 Å². The van der Waals surface area contributed by atoms with Crippen molar-refractivity contribution in [3.63, 3.8) is 0 Å². The highest BCUT2D eigenvalue weighted by Gasteiger charge is 2.14. The average molecular weight is 346 g/mol. The first kappa shape index (κ1) is 15.7. The van der Waals surface area contributed by atoms with E-state index in [0.29, 0.717) is 22.0 Å². The summed E-state index contributed by atoms with van der Waals surface area (Å²) in [5, 5.41) is 15.0. The number of benzene rings is 2. The first-order valence-corrected chi connectivity index (χ1v) is 7.86. The van der Waals surface area contributed by atoms with Crippen molar-refractivity contribution >= 4 is 22.4 Å². The number of carbonyl (C=O) groups is 1. The molecule has 0 bridgehead atoms. The fourth-order valence-corrected chi connectivity index (χ4v) is 2.80. The number of fused-ring (bicyclic) bond motifs is 1. The molecule has 8 nitrogen and oxygen atoms in total. The minimum atomic E-state index is -0.300. The molecule has 0 radical (unpaired) electrons. The van der Waals surface area contributed by atoms with Crippen LogP contribution >= 0.6 is 0 Å². The third kappa shape index (κ3) is 2.73. The summed E-state index contributed by atoms with van der Waals surface area (Å²) in [5.41, 5.74) is 1.60. The highest BCUT2D eigenvalue weighted by molar-refractivity contribution is 6.12. The molecule has 128 valence electrons. The summed E-state index contributed by atoms with van der Waals surface area (Å²) in [7, 11) is 1.63. The molecule has 0 aliphatic rings. The molecular weight excluding hydrogens is 332 g/mol. The molecule has 1 N–H and O–H groups in total. The Bertz CT molecular complexity index is 1160. The Labute approximate surface area is 147 Å². The van der Waals surface area contributed by atoms with E-state index in [9.17, 15) is 9.59 Å². The van der Waals surface area contributed by atoms with E-state index in [0.717, 1.165) is 5.69 Å². The van der Waals surface area contributed by atoms with Crippen LogP contribution in [0.2, 0.25) is 0 Å². The van der Waals surface area contributed by atoms with Gasteiger partial charge in [0.15, 0.2) is 0 Å². The van der Waals surface area contributed by atoms with E-state index in [1.807, 2.05) is 6.07 Å². The number of tetrazole rings is 1. The molecule has 2 aromatic heterocycles. The van der Waals surface area contributed by atoms with Crippen LogP contribution in [0.5, 0.6) is 0 Å². The predicted octanol–water partition coefficient (Wildman–Crippen LogP) is 1.77. The Morgan fingerprint density at radius 1 is 1.08 bits per heavy atom. The molecule has 0 fully saturated rings. The molecule has 0 saturated carbocycles. The molecule has 4 rings (SSSR count). The first-order valence-electron chi connectivity index (χ1n) is 7.86. The van der Waals surface area contributed by atoms with Gasteiger partial charge in [-0.3, -0.25) is 9.59 Å². The van der Waals surface area contributed by atoms with Crippen molar-refractivity contribution in [3.05, 3.63) is 77.0 Å². The number of nitrogens with zero attached hydrogens (tertiary/aromatic N) is 5. The normalized spacial score (nSPS) is 10.8. The minimum Gasteiger partial charge on any atom is -0.322 e. The van der Waals surface area contributed by atoms with E-state index in [1.165, 1.54) is 15.6 Å². The van der Waals surface area contributed by atoms with Gasteiger partial charge in [-0.1, -0.05) is 24.3 Å². The maximum absolute atomic E-state index is 12.8. The van der Waals surface area contributed by atoms with Gasteiger partial charge >= 0.3 is 0 Å². The second-order valence-corrected chi connectivity index (χ2v) is 5.76. The van der Waals surface area contributed by atoms with Crippen LogP contribution in [0, 0.1) is 0 Å². The standard InChI is InChI=1S/C18H14N6O2/c1-23-10-16(14-7-2-3-8-15(14)18(23)26)17(25)20-12-5-4-6-13(9-12)24-11-19-21-22-24/h2-11H,1H3,(H,20,25). The molecule has 0 unspecified atom stereocenters. The van der Waals surface area contributed by atoms with E-state index in [-0.39, 0.29) is 11.5 Å². The molecule has 8 heteroatoms. The van der Waals surface area contributed by atoms with Crippen LogP contribution in [0.1, 0.15) is 10.4 Å². The van der Waals surface area contributed by atoms with Crippen LogP contribution in [0.25, 0.3) is 16.5 Å². The highest BCUT2D eigenvalue weighted by atomic mass is 16.2. The molecule has 0 aliphatic heterocycles. The number of carbonyl (C=O) groups excluding carboxylic acids is 1. The number of anilines is 1. The van der Waals surface area contributed by atoms with Crippen molar-refractivity contribution < 1.29 is 4.79 Å². The molecular formula is C18H14N6O2. The lowest BCUT2D eigenvalue weighted by atomic mass is 10.1. The number of hydrogen-bond donors (Lipinski definition) is 1. The topological polar surface area (TPSA) is 94.7 Å². The maximum atomic E-state index is 12.8. The second-order valence-electron chi connectivity index (χ2n) is 5.76. The summed E-state index contributed by atoms with van der Waals surface area (Å²) >= 11 is 0. The summed E-state index contributed by atoms with van der Waals surface area (Å²) in [6, 6.07) is 14.2. The van der Waals surface area contributed by atoms with Crippen molar-refractivity contribution in [1.82, 2.24) is 24.8 Å². The largest absolute Gasteiger partial charge is 0.322 e. The first-order chi connectivity index (χ1) is 12.6. The zero-order chi connectivity index (χ0) is 18.1. The molecule has 0 atom stereocenters. The lowest BCUT2D eigenvalue weighted by molar-refractivity contribution is 0.102. The second kappa shape index (κ2) is 6.25. The monoisotopic (exact) mass is 346 g/mol. The van der Waals surface area contributed by atoms with Crippen LogP contribution in [-0.2, 0) is 7.05 Å². The Balaban J connectivity index is 1.72. The number of aromatic nitrogens is 5. The van der Waals surface area contributed by atoms with Gasteiger partial charge in [0, 0.05) is 29.7 Å². The number of rotatable bonds is 3. The van der Waals surface area contributed by atoms with Crippen molar-refractivity contribution in [2.75, 3.05) is 5.32 Å². The lowest BCUT2D eigenvalue weighted by Gasteiger charge is -2.11. The summed E-state index contributed by atoms with van der Waals surface area (Å²) in [6.07, 6.45) is 3.02. The number of pyridine rings is 1. The minimum absolute atomic E-state index is 0.141. The molecule has 0 saturated heterocycles. The zero-order valence-corrected chi connectivity index (χ0v) is 13.8. The van der Waals surface area contributed by atoms with E-state index in [2.05, 4.69) is 20.8 Å². The fourth-order valence-electron chi connectivity index (χ4n) is 2.80. The Morgan fingerprint density at radius 2 is 1.88 bits per heavy atom. The number of aryl methyl sites for hydroxylation is 1.